The van der Waals surface area contributed by atoms with Crippen LogP contribution in [-0.4, -0.2) is 40.5 Å². The number of benzene rings is 1. The number of aliphatic hydroxyl groups is 1. The maximum absolute atomic E-state index is 12.4. The van der Waals surface area contributed by atoms with Crippen LogP contribution in [0.2, 0.25) is 0 Å². The molecule has 2 aromatic rings. The van der Waals surface area contributed by atoms with Crippen molar-refractivity contribution in [1.82, 2.24) is 20.4 Å². The molecule has 1 aromatic heterocycles. The summed E-state index contributed by atoms with van der Waals surface area (Å²) in [5.74, 6) is -0.268. The monoisotopic (exact) mass is 314 g/mol. The SMILES string of the molecule is O=C(N[C@H](CO)c1ccccc1)c1ccn(C2CCCNC2)n1. The van der Waals surface area contributed by atoms with Crippen LogP contribution < -0.4 is 10.6 Å². The van der Waals surface area contributed by atoms with Gasteiger partial charge in [-0.05, 0) is 31.0 Å². The second kappa shape index (κ2) is 7.39. The molecule has 1 unspecified atom stereocenters. The van der Waals surface area contributed by atoms with E-state index in [4.69, 9.17) is 0 Å². The van der Waals surface area contributed by atoms with Crippen LogP contribution in [0.15, 0.2) is 42.6 Å². The zero-order valence-corrected chi connectivity index (χ0v) is 13.0. The molecule has 1 fully saturated rings. The van der Waals surface area contributed by atoms with Gasteiger partial charge in [0.25, 0.3) is 5.91 Å². The molecule has 1 aromatic carbocycles. The molecule has 0 aliphatic carbocycles. The molecule has 1 amide bonds. The van der Waals surface area contributed by atoms with Crippen LogP contribution in [0.25, 0.3) is 0 Å². The molecule has 122 valence electrons. The second-order valence-electron chi connectivity index (χ2n) is 5.80. The average molecular weight is 314 g/mol. The number of rotatable bonds is 5. The molecule has 1 aliphatic heterocycles. The van der Waals surface area contributed by atoms with Crippen molar-refractivity contribution in [2.45, 2.75) is 24.9 Å². The lowest BCUT2D eigenvalue weighted by atomic mass is 10.1. The Morgan fingerprint density at radius 3 is 2.91 bits per heavy atom. The summed E-state index contributed by atoms with van der Waals surface area (Å²) in [4.78, 5) is 12.4. The highest BCUT2D eigenvalue weighted by atomic mass is 16.3. The number of carbonyl (C=O) groups excluding carboxylic acids is 1. The number of piperidine rings is 1. The highest BCUT2D eigenvalue weighted by Crippen LogP contribution is 2.16. The third-order valence-electron chi connectivity index (χ3n) is 4.18. The highest BCUT2D eigenvalue weighted by molar-refractivity contribution is 5.92. The minimum absolute atomic E-state index is 0.150. The number of amides is 1. The van der Waals surface area contributed by atoms with Gasteiger partial charge < -0.3 is 15.7 Å². The van der Waals surface area contributed by atoms with E-state index in [0.29, 0.717) is 11.7 Å². The summed E-state index contributed by atoms with van der Waals surface area (Å²) in [6.45, 7) is 1.77. The van der Waals surface area contributed by atoms with Crippen LogP contribution in [0.5, 0.6) is 0 Å². The molecule has 2 heterocycles. The first-order chi connectivity index (χ1) is 11.3. The standard InChI is InChI=1S/C17H22N4O2/c22-12-16(13-5-2-1-3-6-13)19-17(23)15-8-10-21(20-15)14-7-4-9-18-11-14/h1-3,5-6,8,10,14,16,18,22H,4,7,9,11-12H2,(H,19,23)/t14?,16-/m1/s1. The Morgan fingerprint density at radius 1 is 1.39 bits per heavy atom. The van der Waals surface area contributed by atoms with E-state index in [1.165, 1.54) is 0 Å². The van der Waals surface area contributed by atoms with Crippen molar-refractivity contribution in [3.05, 3.63) is 53.9 Å². The number of nitrogens with zero attached hydrogens (tertiary/aromatic N) is 2. The van der Waals surface area contributed by atoms with Gasteiger partial charge in [-0.25, -0.2) is 0 Å². The Morgan fingerprint density at radius 2 is 2.22 bits per heavy atom. The van der Waals surface area contributed by atoms with Crippen LogP contribution in [0.4, 0.5) is 0 Å². The Balaban J connectivity index is 1.67. The Bertz CT molecular complexity index is 635. The Hall–Kier alpha value is -2.18. The van der Waals surface area contributed by atoms with E-state index in [1.54, 1.807) is 6.07 Å². The normalized spacial score (nSPS) is 19.3. The molecule has 0 spiro atoms. The second-order valence-corrected chi connectivity index (χ2v) is 5.80. The quantitative estimate of drug-likeness (QED) is 0.776. The first-order valence-electron chi connectivity index (χ1n) is 8.00. The van der Waals surface area contributed by atoms with Crippen molar-refractivity contribution in [3.63, 3.8) is 0 Å². The topological polar surface area (TPSA) is 79.2 Å². The number of aromatic nitrogens is 2. The summed E-state index contributed by atoms with van der Waals surface area (Å²) < 4.78 is 1.86. The van der Waals surface area contributed by atoms with E-state index in [2.05, 4.69) is 15.7 Å². The van der Waals surface area contributed by atoms with Gasteiger partial charge in [0, 0.05) is 12.7 Å². The molecule has 0 saturated carbocycles. The fourth-order valence-corrected chi connectivity index (χ4v) is 2.87. The van der Waals surface area contributed by atoms with Crippen LogP contribution in [-0.2, 0) is 0 Å². The first-order valence-corrected chi connectivity index (χ1v) is 8.00. The maximum atomic E-state index is 12.4. The third kappa shape index (κ3) is 3.78. The average Bonchev–Trinajstić information content (AvgIpc) is 3.11. The number of nitrogens with one attached hydrogen (secondary N) is 2. The molecule has 23 heavy (non-hydrogen) atoms. The van der Waals surface area contributed by atoms with Gasteiger partial charge in [-0.15, -0.1) is 0 Å². The van der Waals surface area contributed by atoms with E-state index in [-0.39, 0.29) is 12.5 Å². The lowest BCUT2D eigenvalue weighted by Crippen LogP contribution is -2.33. The molecule has 1 saturated heterocycles. The number of aliphatic hydroxyl groups excluding tert-OH is 1. The molecule has 0 radical (unpaired) electrons. The Labute approximate surface area is 135 Å². The van der Waals surface area contributed by atoms with Crippen LogP contribution in [0.1, 0.15) is 41.0 Å². The van der Waals surface area contributed by atoms with Gasteiger partial charge >= 0.3 is 0 Å². The maximum Gasteiger partial charge on any atom is 0.272 e. The zero-order chi connectivity index (χ0) is 16.1. The molecule has 2 atom stereocenters. The van der Waals surface area contributed by atoms with Gasteiger partial charge in [0.15, 0.2) is 0 Å². The van der Waals surface area contributed by atoms with Gasteiger partial charge in [0.2, 0.25) is 0 Å². The molecule has 6 nitrogen and oxygen atoms in total. The van der Waals surface area contributed by atoms with Crippen LogP contribution >= 0.6 is 0 Å². The minimum atomic E-state index is -0.426. The molecule has 3 N–H and O–H groups in total. The highest BCUT2D eigenvalue weighted by Gasteiger charge is 2.19. The molecular formula is C17H22N4O2. The lowest BCUT2D eigenvalue weighted by Gasteiger charge is -2.23. The van der Waals surface area contributed by atoms with Gasteiger partial charge in [0.05, 0.1) is 18.7 Å². The largest absolute Gasteiger partial charge is 0.394 e. The fourth-order valence-electron chi connectivity index (χ4n) is 2.87. The van der Waals surface area contributed by atoms with E-state index in [0.717, 1.165) is 31.5 Å². The van der Waals surface area contributed by atoms with Gasteiger partial charge in [-0.2, -0.15) is 5.10 Å². The molecule has 6 heteroatoms. The molecular weight excluding hydrogens is 292 g/mol. The first kappa shape index (κ1) is 15.7. The predicted molar refractivity (Wildman–Crippen MR) is 87.1 cm³/mol. The van der Waals surface area contributed by atoms with E-state index in [1.807, 2.05) is 41.2 Å². The van der Waals surface area contributed by atoms with Crippen molar-refractivity contribution in [3.8, 4) is 0 Å². The van der Waals surface area contributed by atoms with E-state index >= 15 is 0 Å². The number of carbonyl (C=O) groups is 1. The van der Waals surface area contributed by atoms with Crippen molar-refractivity contribution < 1.29 is 9.90 Å². The number of hydrogen-bond acceptors (Lipinski definition) is 4. The summed E-state index contributed by atoms with van der Waals surface area (Å²) in [7, 11) is 0. The lowest BCUT2D eigenvalue weighted by molar-refractivity contribution is 0.0909. The van der Waals surface area contributed by atoms with E-state index < -0.39 is 6.04 Å². The summed E-state index contributed by atoms with van der Waals surface area (Å²) in [5, 5.41) is 20.1. The Kier molecular flexibility index (Phi) is 5.05. The van der Waals surface area contributed by atoms with Crippen molar-refractivity contribution >= 4 is 5.91 Å². The molecule has 0 bridgehead atoms. The van der Waals surface area contributed by atoms with Crippen molar-refractivity contribution in [2.24, 2.45) is 0 Å². The summed E-state index contributed by atoms with van der Waals surface area (Å²) in [5.41, 5.74) is 1.25. The third-order valence-corrected chi connectivity index (χ3v) is 4.18. The fraction of sp³-hybridized carbons (Fsp3) is 0.412. The van der Waals surface area contributed by atoms with Gasteiger partial charge in [-0.3, -0.25) is 9.48 Å². The molecule has 3 rings (SSSR count). The van der Waals surface area contributed by atoms with Crippen molar-refractivity contribution in [2.75, 3.05) is 19.7 Å². The van der Waals surface area contributed by atoms with Crippen LogP contribution in [0.3, 0.4) is 0 Å². The zero-order valence-electron chi connectivity index (χ0n) is 13.0. The predicted octanol–water partition coefficient (Wildman–Crippen LogP) is 1.27. The summed E-state index contributed by atoms with van der Waals surface area (Å²) >= 11 is 0. The van der Waals surface area contributed by atoms with Gasteiger partial charge in [-0.1, -0.05) is 30.3 Å². The van der Waals surface area contributed by atoms with Crippen LogP contribution in [0, 0.1) is 0 Å². The smallest absolute Gasteiger partial charge is 0.272 e. The van der Waals surface area contributed by atoms with Crippen molar-refractivity contribution in [1.29, 1.82) is 0 Å². The van der Waals surface area contributed by atoms with E-state index in [9.17, 15) is 9.90 Å². The van der Waals surface area contributed by atoms with Gasteiger partial charge in [0.1, 0.15) is 5.69 Å². The summed E-state index contributed by atoms with van der Waals surface area (Å²) in [6.07, 6.45) is 4.04. The summed E-state index contributed by atoms with van der Waals surface area (Å²) in [6, 6.07) is 11.0. The molecule has 1 aliphatic rings. The number of hydrogen-bond donors (Lipinski definition) is 3. The minimum Gasteiger partial charge on any atom is -0.394 e.